The van der Waals surface area contributed by atoms with Crippen LogP contribution in [0.25, 0.3) is 11.1 Å². The minimum Gasteiger partial charge on any atom is -0.441 e. The lowest BCUT2D eigenvalue weighted by atomic mass is 10.2. The molecule has 2 heterocycles. The quantitative estimate of drug-likeness (QED) is 0.847. The van der Waals surface area contributed by atoms with E-state index < -0.39 is 0 Å². The normalized spacial score (nSPS) is 19.3. The molecular weight excluding hydrogens is 230 g/mol. The molecule has 1 amide bonds. The Kier molecular flexibility index (Phi) is 2.76. The maximum atomic E-state index is 11.9. The monoisotopic (exact) mass is 245 g/mol. The van der Waals surface area contributed by atoms with Crippen molar-refractivity contribution in [3.63, 3.8) is 0 Å². The molecule has 1 aromatic carbocycles. The minimum absolute atomic E-state index is 0.0204. The topological polar surface area (TPSA) is 67.2 Å². The number of carbonyl (C=O) groups excluding carboxylic acids is 1. The van der Waals surface area contributed by atoms with Crippen molar-refractivity contribution in [2.45, 2.75) is 25.8 Å². The van der Waals surface area contributed by atoms with Crippen molar-refractivity contribution in [3.8, 4) is 0 Å². The fourth-order valence-electron chi connectivity index (χ4n) is 2.26. The second-order valence-corrected chi connectivity index (χ2v) is 4.55. The molecule has 2 N–H and O–H groups in total. The predicted molar refractivity (Wildman–Crippen MR) is 68.4 cm³/mol. The molecule has 3 rings (SSSR count). The average molecular weight is 245 g/mol. The molecular formula is C13H15N3O2. The summed E-state index contributed by atoms with van der Waals surface area (Å²) < 4.78 is 5.39. The Bertz CT molecular complexity index is 585. The first-order valence-electron chi connectivity index (χ1n) is 6.14. The highest BCUT2D eigenvalue weighted by molar-refractivity contribution is 5.96. The fourth-order valence-corrected chi connectivity index (χ4v) is 2.26. The highest BCUT2D eigenvalue weighted by Crippen LogP contribution is 2.20. The Hall–Kier alpha value is -1.88. The number of aryl methyl sites for hydroxylation is 1. The third-order valence-corrected chi connectivity index (χ3v) is 3.14. The number of anilines is 1. The third-order valence-electron chi connectivity index (χ3n) is 3.14. The molecule has 0 saturated carbocycles. The number of nitrogens with one attached hydrogen (secondary N) is 2. The van der Waals surface area contributed by atoms with E-state index in [-0.39, 0.29) is 11.9 Å². The number of rotatable bonds is 2. The number of hydrogen-bond acceptors (Lipinski definition) is 4. The van der Waals surface area contributed by atoms with Gasteiger partial charge in [-0.25, -0.2) is 4.98 Å². The summed E-state index contributed by atoms with van der Waals surface area (Å²) in [5, 5.41) is 6.07. The van der Waals surface area contributed by atoms with Crippen molar-refractivity contribution >= 4 is 22.7 Å². The van der Waals surface area contributed by atoms with Gasteiger partial charge in [-0.05, 0) is 37.6 Å². The van der Waals surface area contributed by atoms with E-state index in [1.165, 1.54) is 0 Å². The van der Waals surface area contributed by atoms with Gasteiger partial charge in [-0.2, -0.15) is 0 Å². The standard InChI is InChI=1S/C13H15N3O2/c1-8-15-11-7-9(4-5-12(11)18-8)16-13(17)10-3-2-6-14-10/h4-5,7,10,14H,2-3,6H2,1H3,(H,16,17)/t10-/m1/s1. The molecule has 1 saturated heterocycles. The molecule has 0 aliphatic carbocycles. The molecule has 0 unspecified atom stereocenters. The van der Waals surface area contributed by atoms with Gasteiger partial charge in [-0.1, -0.05) is 0 Å². The van der Waals surface area contributed by atoms with Crippen molar-refractivity contribution < 1.29 is 9.21 Å². The molecule has 18 heavy (non-hydrogen) atoms. The average Bonchev–Trinajstić information content (AvgIpc) is 2.95. The van der Waals surface area contributed by atoms with Crippen LogP contribution in [0.5, 0.6) is 0 Å². The van der Waals surface area contributed by atoms with Gasteiger partial charge in [0.05, 0.1) is 6.04 Å². The first kappa shape index (κ1) is 11.2. The zero-order chi connectivity index (χ0) is 12.5. The second-order valence-electron chi connectivity index (χ2n) is 4.55. The van der Waals surface area contributed by atoms with Crippen LogP contribution in [0.1, 0.15) is 18.7 Å². The largest absolute Gasteiger partial charge is 0.441 e. The van der Waals surface area contributed by atoms with Crippen molar-refractivity contribution in [2.24, 2.45) is 0 Å². The summed E-state index contributed by atoms with van der Waals surface area (Å²) in [7, 11) is 0. The number of benzene rings is 1. The third kappa shape index (κ3) is 2.09. The zero-order valence-electron chi connectivity index (χ0n) is 10.2. The van der Waals surface area contributed by atoms with Gasteiger partial charge in [-0.3, -0.25) is 4.79 Å². The van der Waals surface area contributed by atoms with Gasteiger partial charge in [0, 0.05) is 12.6 Å². The molecule has 1 aromatic heterocycles. The SMILES string of the molecule is Cc1nc2cc(NC(=O)[C@H]3CCCN3)ccc2o1. The van der Waals surface area contributed by atoms with Crippen LogP contribution >= 0.6 is 0 Å². The fraction of sp³-hybridized carbons (Fsp3) is 0.385. The highest BCUT2D eigenvalue weighted by atomic mass is 16.3. The van der Waals surface area contributed by atoms with E-state index in [4.69, 9.17) is 4.42 Å². The van der Waals surface area contributed by atoms with E-state index in [0.717, 1.165) is 36.2 Å². The summed E-state index contributed by atoms with van der Waals surface area (Å²) in [6, 6.07) is 5.42. The van der Waals surface area contributed by atoms with Gasteiger partial charge in [0.1, 0.15) is 5.52 Å². The summed E-state index contributed by atoms with van der Waals surface area (Å²) in [6.07, 6.45) is 1.96. The maximum absolute atomic E-state index is 11.9. The van der Waals surface area contributed by atoms with Crippen LogP contribution in [-0.2, 0) is 4.79 Å². The Morgan fingerprint density at radius 3 is 3.22 bits per heavy atom. The summed E-state index contributed by atoms with van der Waals surface area (Å²) in [4.78, 5) is 16.2. The minimum atomic E-state index is -0.0697. The van der Waals surface area contributed by atoms with Crippen LogP contribution in [0, 0.1) is 6.92 Å². The smallest absolute Gasteiger partial charge is 0.241 e. The molecule has 5 nitrogen and oxygen atoms in total. The first-order chi connectivity index (χ1) is 8.72. The van der Waals surface area contributed by atoms with Gasteiger partial charge in [0.15, 0.2) is 11.5 Å². The summed E-state index contributed by atoms with van der Waals surface area (Å²) >= 11 is 0. The summed E-state index contributed by atoms with van der Waals surface area (Å²) in [5.74, 6) is 0.651. The number of amides is 1. The Balaban J connectivity index is 1.79. The van der Waals surface area contributed by atoms with E-state index in [1.807, 2.05) is 18.2 Å². The molecule has 0 bridgehead atoms. The molecule has 1 aliphatic heterocycles. The van der Waals surface area contributed by atoms with Crippen LogP contribution in [0.15, 0.2) is 22.6 Å². The molecule has 0 radical (unpaired) electrons. The first-order valence-corrected chi connectivity index (χ1v) is 6.14. The van der Waals surface area contributed by atoms with Gasteiger partial charge in [0.2, 0.25) is 5.91 Å². The Morgan fingerprint density at radius 1 is 1.56 bits per heavy atom. The number of fused-ring (bicyclic) bond motifs is 1. The molecule has 2 aromatic rings. The maximum Gasteiger partial charge on any atom is 0.241 e. The number of nitrogens with zero attached hydrogens (tertiary/aromatic N) is 1. The van der Waals surface area contributed by atoms with E-state index in [1.54, 1.807) is 6.92 Å². The van der Waals surface area contributed by atoms with Crippen LogP contribution in [-0.4, -0.2) is 23.5 Å². The lowest BCUT2D eigenvalue weighted by Gasteiger charge is -2.10. The number of oxazole rings is 1. The van der Waals surface area contributed by atoms with E-state index in [0.29, 0.717) is 5.89 Å². The van der Waals surface area contributed by atoms with Crippen molar-refractivity contribution in [1.29, 1.82) is 0 Å². The second kappa shape index (κ2) is 4.42. The van der Waals surface area contributed by atoms with Gasteiger partial charge in [-0.15, -0.1) is 0 Å². The van der Waals surface area contributed by atoms with Crippen LogP contribution in [0.2, 0.25) is 0 Å². The lowest BCUT2D eigenvalue weighted by Crippen LogP contribution is -2.35. The predicted octanol–water partition coefficient (Wildman–Crippen LogP) is 1.83. The van der Waals surface area contributed by atoms with Gasteiger partial charge in [0.25, 0.3) is 0 Å². The van der Waals surface area contributed by atoms with Crippen molar-refractivity contribution in [2.75, 3.05) is 11.9 Å². The zero-order valence-corrected chi connectivity index (χ0v) is 10.2. The lowest BCUT2D eigenvalue weighted by molar-refractivity contribution is -0.117. The molecule has 1 fully saturated rings. The van der Waals surface area contributed by atoms with Crippen LogP contribution in [0.4, 0.5) is 5.69 Å². The van der Waals surface area contributed by atoms with Crippen molar-refractivity contribution in [1.82, 2.24) is 10.3 Å². The molecule has 94 valence electrons. The number of carbonyl (C=O) groups is 1. The Labute approximate surface area is 105 Å². The van der Waals surface area contributed by atoms with E-state index in [9.17, 15) is 4.79 Å². The number of aromatic nitrogens is 1. The molecule has 5 heteroatoms. The van der Waals surface area contributed by atoms with Gasteiger partial charge >= 0.3 is 0 Å². The highest BCUT2D eigenvalue weighted by Gasteiger charge is 2.21. The Morgan fingerprint density at radius 2 is 2.44 bits per heavy atom. The molecule has 1 aliphatic rings. The van der Waals surface area contributed by atoms with E-state index in [2.05, 4.69) is 15.6 Å². The summed E-state index contributed by atoms with van der Waals surface area (Å²) in [5.41, 5.74) is 2.27. The number of hydrogen-bond donors (Lipinski definition) is 2. The molecule has 0 spiro atoms. The molecule has 1 atom stereocenters. The summed E-state index contributed by atoms with van der Waals surface area (Å²) in [6.45, 7) is 2.72. The van der Waals surface area contributed by atoms with Crippen LogP contribution in [0.3, 0.4) is 0 Å². The van der Waals surface area contributed by atoms with Crippen molar-refractivity contribution in [3.05, 3.63) is 24.1 Å². The van der Waals surface area contributed by atoms with E-state index >= 15 is 0 Å². The van der Waals surface area contributed by atoms with Crippen LogP contribution < -0.4 is 10.6 Å². The van der Waals surface area contributed by atoms with Gasteiger partial charge < -0.3 is 15.1 Å².